The predicted molar refractivity (Wildman–Crippen MR) is 108 cm³/mol. The lowest BCUT2D eigenvalue weighted by Gasteiger charge is -2.15. The SMILES string of the molecule is CCOC(=O)c1c(C#CCOC)cc(-c2c(CC)cccc2CC)nc1C. The number of benzene rings is 1. The molecule has 0 aliphatic carbocycles. The maximum Gasteiger partial charge on any atom is 0.341 e. The Hall–Kier alpha value is -2.64. The van der Waals surface area contributed by atoms with Crippen LogP contribution in [0.2, 0.25) is 0 Å². The number of carbonyl (C=O) groups excluding carboxylic acids is 1. The molecule has 1 aromatic heterocycles. The van der Waals surface area contributed by atoms with E-state index < -0.39 is 5.97 Å². The Morgan fingerprint density at radius 3 is 2.37 bits per heavy atom. The first-order chi connectivity index (χ1) is 13.1. The quantitative estimate of drug-likeness (QED) is 0.564. The maximum atomic E-state index is 12.5. The first-order valence-electron chi connectivity index (χ1n) is 9.34. The number of esters is 1. The molecule has 0 fully saturated rings. The van der Waals surface area contributed by atoms with Crippen LogP contribution in [0.4, 0.5) is 0 Å². The van der Waals surface area contributed by atoms with Crippen molar-refractivity contribution < 1.29 is 14.3 Å². The standard InChI is InChI=1S/C23H27NO3/c1-6-17-11-9-12-18(7-2)22(17)20-15-19(13-10-14-26-5)21(16(4)24-20)23(25)27-8-3/h9,11-12,15H,6-8,14H2,1-5H3. The molecule has 0 aliphatic heterocycles. The summed E-state index contributed by atoms with van der Waals surface area (Å²) < 4.78 is 10.2. The van der Waals surface area contributed by atoms with Gasteiger partial charge < -0.3 is 9.47 Å². The molecular formula is C23H27NO3. The van der Waals surface area contributed by atoms with Crippen LogP contribution in [-0.2, 0) is 22.3 Å². The highest BCUT2D eigenvalue weighted by Crippen LogP contribution is 2.30. The smallest absolute Gasteiger partial charge is 0.341 e. The molecule has 0 saturated carbocycles. The van der Waals surface area contributed by atoms with Crippen LogP contribution in [0.3, 0.4) is 0 Å². The van der Waals surface area contributed by atoms with E-state index in [1.165, 1.54) is 11.1 Å². The van der Waals surface area contributed by atoms with Gasteiger partial charge in [0.2, 0.25) is 0 Å². The van der Waals surface area contributed by atoms with E-state index in [0.717, 1.165) is 24.1 Å². The summed E-state index contributed by atoms with van der Waals surface area (Å²) in [6, 6.07) is 8.23. The van der Waals surface area contributed by atoms with Crippen LogP contribution in [0.5, 0.6) is 0 Å². The second kappa shape index (κ2) is 9.89. The minimum atomic E-state index is -0.393. The fourth-order valence-electron chi connectivity index (χ4n) is 3.14. The molecule has 0 saturated heterocycles. The average molecular weight is 365 g/mol. The zero-order chi connectivity index (χ0) is 19.8. The minimum absolute atomic E-state index is 0.296. The Bertz CT molecular complexity index is 853. The lowest BCUT2D eigenvalue weighted by molar-refractivity contribution is 0.0524. The minimum Gasteiger partial charge on any atom is -0.462 e. The number of hydrogen-bond donors (Lipinski definition) is 0. The fourth-order valence-corrected chi connectivity index (χ4v) is 3.14. The number of carbonyl (C=O) groups is 1. The molecule has 1 heterocycles. The normalized spacial score (nSPS) is 10.3. The van der Waals surface area contributed by atoms with E-state index in [4.69, 9.17) is 14.5 Å². The molecule has 0 aliphatic rings. The van der Waals surface area contributed by atoms with E-state index >= 15 is 0 Å². The molecule has 2 rings (SSSR count). The van der Waals surface area contributed by atoms with Crippen LogP contribution < -0.4 is 0 Å². The zero-order valence-electron chi connectivity index (χ0n) is 16.8. The first kappa shape index (κ1) is 20.7. The summed E-state index contributed by atoms with van der Waals surface area (Å²) in [4.78, 5) is 17.2. The van der Waals surface area contributed by atoms with Crippen molar-refractivity contribution in [1.82, 2.24) is 4.98 Å². The van der Waals surface area contributed by atoms with Crippen LogP contribution in [0, 0.1) is 18.8 Å². The Kier molecular flexibility index (Phi) is 7.57. The van der Waals surface area contributed by atoms with Gasteiger partial charge in [0, 0.05) is 18.2 Å². The fraction of sp³-hybridized carbons (Fsp3) is 0.391. The number of aromatic nitrogens is 1. The lowest BCUT2D eigenvalue weighted by atomic mass is 9.93. The van der Waals surface area contributed by atoms with E-state index in [0.29, 0.717) is 30.0 Å². The van der Waals surface area contributed by atoms with Gasteiger partial charge in [-0.25, -0.2) is 4.79 Å². The monoisotopic (exact) mass is 365 g/mol. The van der Waals surface area contributed by atoms with Crippen LogP contribution in [0.25, 0.3) is 11.3 Å². The number of hydrogen-bond acceptors (Lipinski definition) is 4. The molecule has 0 bridgehead atoms. The molecule has 0 radical (unpaired) electrons. The molecule has 0 atom stereocenters. The summed E-state index contributed by atoms with van der Waals surface area (Å²) in [5.41, 5.74) is 6.13. The van der Waals surface area contributed by atoms with Gasteiger partial charge >= 0.3 is 5.97 Å². The highest BCUT2D eigenvalue weighted by Gasteiger charge is 2.19. The van der Waals surface area contributed by atoms with Crippen molar-refractivity contribution in [2.24, 2.45) is 0 Å². The molecule has 0 amide bonds. The van der Waals surface area contributed by atoms with E-state index in [9.17, 15) is 4.79 Å². The van der Waals surface area contributed by atoms with Crippen molar-refractivity contribution in [3.8, 4) is 23.1 Å². The van der Waals surface area contributed by atoms with Crippen molar-refractivity contribution in [3.05, 3.63) is 52.2 Å². The Morgan fingerprint density at radius 2 is 1.81 bits per heavy atom. The molecule has 2 aromatic rings. The van der Waals surface area contributed by atoms with Crippen LogP contribution in [-0.4, -0.2) is 31.3 Å². The molecule has 0 unspecified atom stereocenters. The average Bonchev–Trinajstić information content (AvgIpc) is 2.67. The van der Waals surface area contributed by atoms with Crippen molar-refractivity contribution in [3.63, 3.8) is 0 Å². The van der Waals surface area contributed by atoms with Crippen molar-refractivity contribution in [2.45, 2.75) is 40.5 Å². The molecule has 0 spiro atoms. The Morgan fingerprint density at radius 1 is 1.15 bits per heavy atom. The second-order valence-corrected chi connectivity index (χ2v) is 6.13. The first-order valence-corrected chi connectivity index (χ1v) is 9.34. The third-order valence-corrected chi connectivity index (χ3v) is 4.37. The van der Waals surface area contributed by atoms with Gasteiger partial charge in [-0.2, -0.15) is 0 Å². The second-order valence-electron chi connectivity index (χ2n) is 6.13. The third kappa shape index (κ3) is 4.75. The predicted octanol–water partition coefficient (Wildman–Crippen LogP) is 4.36. The zero-order valence-corrected chi connectivity index (χ0v) is 16.8. The van der Waals surface area contributed by atoms with E-state index in [-0.39, 0.29) is 0 Å². The number of rotatable bonds is 6. The largest absolute Gasteiger partial charge is 0.462 e. The number of pyridine rings is 1. The van der Waals surface area contributed by atoms with Crippen LogP contribution >= 0.6 is 0 Å². The van der Waals surface area contributed by atoms with Crippen molar-refractivity contribution in [2.75, 3.05) is 20.3 Å². The molecule has 4 nitrogen and oxygen atoms in total. The van der Waals surface area contributed by atoms with Gasteiger partial charge in [0.05, 0.1) is 23.6 Å². The van der Waals surface area contributed by atoms with Gasteiger partial charge in [-0.3, -0.25) is 4.98 Å². The van der Waals surface area contributed by atoms with Gasteiger partial charge in [0.25, 0.3) is 0 Å². The molecule has 27 heavy (non-hydrogen) atoms. The summed E-state index contributed by atoms with van der Waals surface area (Å²) in [7, 11) is 1.59. The molecule has 0 N–H and O–H groups in total. The third-order valence-electron chi connectivity index (χ3n) is 4.37. The molecule has 1 aromatic carbocycles. The Balaban J connectivity index is 2.71. The lowest BCUT2D eigenvalue weighted by Crippen LogP contribution is -2.11. The summed E-state index contributed by atoms with van der Waals surface area (Å²) in [5.74, 6) is 5.61. The summed E-state index contributed by atoms with van der Waals surface area (Å²) in [6.45, 7) is 8.50. The number of methoxy groups -OCH3 is 1. The van der Waals surface area contributed by atoms with Gasteiger partial charge in [0.1, 0.15) is 6.61 Å². The summed E-state index contributed by atoms with van der Waals surface area (Å²) in [6.07, 6.45) is 1.82. The number of nitrogens with zero attached hydrogens (tertiary/aromatic N) is 1. The molecular weight excluding hydrogens is 338 g/mol. The van der Waals surface area contributed by atoms with Gasteiger partial charge in [-0.1, -0.05) is 43.9 Å². The van der Waals surface area contributed by atoms with Crippen molar-refractivity contribution in [1.29, 1.82) is 0 Å². The van der Waals surface area contributed by atoms with Gasteiger partial charge in [-0.05, 0) is 43.9 Å². The topological polar surface area (TPSA) is 48.4 Å². The molecule has 142 valence electrons. The summed E-state index contributed by atoms with van der Waals surface area (Å²) >= 11 is 0. The maximum absolute atomic E-state index is 12.5. The highest BCUT2D eigenvalue weighted by atomic mass is 16.5. The van der Waals surface area contributed by atoms with E-state index in [1.54, 1.807) is 14.0 Å². The number of aryl methyl sites for hydroxylation is 3. The Labute approximate surface area is 161 Å². The van der Waals surface area contributed by atoms with Crippen LogP contribution in [0.1, 0.15) is 53.5 Å². The van der Waals surface area contributed by atoms with Crippen molar-refractivity contribution >= 4 is 5.97 Å². The summed E-state index contributed by atoms with van der Waals surface area (Å²) in [5, 5.41) is 0. The van der Waals surface area contributed by atoms with Crippen LogP contribution in [0.15, 0.2) is 24.3 Å². The number of ether oxygens (including phenoxy) is 2. The highest BCUT2D eigenvalue weighted by molar-refractivity contribution is 5.94. The van der Waals surface area contributed by atoms with Gasteiger partial charge in [0.15, 0.2) is 0 Å². The molecule has 4 heteroatoms. The van der Waals surface area contributed by atoms with Gasteiger partial charge in [-0.15, -0.1) is 0 Å². The van der Waals surface area contributed by atoms with E-state index in [1.807, 2.05) is 13.0 Å². The van der Waals surface area contributed by atoms with E-state index in [2.05, 4.69) is 43.9 Å².